The van der Waals surface area contributed by atoms with Gasteiger partial charge in [-0.2, -0.15) is 0 Å². The highest BCUT2D eigenvalue weighted by molar-refractivity contribution is 5.89. The molecule has 7 heteroatoms. The molecule has 1 heterocycles. The van der Waals surface area contributed by atoms with Crippen LogP contribution in [0.4, 0.5) is 14.6 Å². The number of aromatic nitrogens is 2. The second kappa shape index (κ2) is 6.99. The van der Waals surface area contributed by atoms with E-state index in [-0.39, 0.29) is 28.2 Å². The fourth-order valence-electron chi connectivity index (χ4n) is 3.43. The molecule has 0 bridgehead atoms. The van der Waals surface area contributed by atoms with Crippen molar-refractivity contribution in [2.24, 2.45) is 0 Å². The van der Waals surface area contributed by atoms with Crippen LogP contribution in [0.15, 0.2) is 54.6 Å². The number of carboxylic acid groups (broad SMARTS) is 1. The molecule has 142 valence electrons. The normalized spacial score (nSPS) is 14.9. The molecule has 1 fully saturated rings. The lowest BCUT2D eigenvalue weighted by molar-refractivity contribution is 0.0697. The lowest BCUT2D eigenvalue weighted by Gasteiger charge is -2.43. The number of nitrogens with one attached hydrogen (secondary N) is 1. The maximum Gasteiger partial charge on any atom is 0.335 e. The van der Waals surface area contributed by atoms with E-state index in [4.69, 9.17) is 5.11 Å². The van der Waals surface area contributed by atoms with E-state index in [9.17, 15) is 13.6 Å². The van der Waals surface area contributed by atoms with E-state index in [0.717, 1.165) is 30.9 Å². The van der Waals surface area contributed by atoms with Crippen LogP contribution in [0.25, 0.3) is 11.3 Å². The predicted molar refractivity (Wildman–Crippen MR) is 99.9 cm³/mol. The zero-order valence-electron chi connectivity index (χ0n) is 14.8. The Balaban J connectivity index is 1.59. The molecule has 0 amide bonds. The smallest absolute Gasteiger partial charge is 0.335 e. The van der Waals surface area contributed by atoms with Gasteiger partial charge in [0.2, 0.25) is 0 Å². The Kier molecular flexibility index (Phi) is 4.50. The number of halogens is 2. The zero-order chi connectivity index (χ0) is 19.7. The van der Waals surface area contributed by atoms with Crippen molar-refractivity contribution in [1.29, 1.82) is 0 Å². The van der Waals surface area contributed by atoms with Crippen LogP contribution in [0.3, 0.4) is 0 Å². The van der Waals surface area contributed by atoms with Crippen LogP contribution in [-0.2, 0) is 5.54 Å². The van der Waals surface area contributed by atoms with Crippen LogP contribution in [0.5, 0.6) is 0 Å². The van der Waals surface area contributed by atoms with Crippen LogP contribution in [0.2, 0.25) is 0 Å². The minimum absolute atomic E-state index is 0.0230. The summed E-state index contributed by atoms with van der Waals surface area (Å²) in [6, 6.07) is 13.2. The van der Waals surface area contributed by atoms with E-state index >= 15 is 0 Å². The first kappa shape index (κ1) is 18.0. The average molecular weight is 381 g/mol. The van der Waals surface area contributed by atoms with E-state index in [0.29, 0.717) is 5.82 Å². The van der Waals surface area contributed by atoms with Gasteiger partial charge in [-0.05, 0) is 67.3 Å². The van der Waals surface area contributed by atoms with Crippen LogP contribution in [-0.4, -0.2) is 21.3 Å². The second-order valence-corrected chi connectivity index (χ2v) is 6.87. The molecule has 0 unspecified atom stereocenters. The Morgan fingerprint density at radius 2 is 1.75 bits per heavy atom. The number of hydrogen-bond acceptors (Lipinski definition) is 4. The molecule has 3 aromatic rings. The Labute approximate surface area is 160 Å². The third kappa shape index (κ3) is 3.31. The molecule has 1 saturated carbocycles. The molecule has 1 aliphatic carbocycles. The zero-order valence-corrected chi connectivity index (χ0v) is 14.8. The minimum Gasteiger partial charge on any atom is -0.478 e. The highest BCUT2D eigenvalue weighted by atomic mass is 19.1. The first-order valence-electron chi connectivity index (χ1n) is 8.88. The topological polar surface area (TPSA) is 75.1 Å². The van der Waals surface area contributed by atoms with Gasteiger partial charge in [-0.25, -0.2) is 13.6 Å². The molecule has 5 nitrogen and oxygen atoms in total. The summed E-state index contributed by atoms with van der Waals surface area (Å²) in [6.45, 7) is 0. The summed E-state index contributed by atoms with van der Waals surface area (Å²) in [5.74, 6) is -1.48. The highest BCUT2D eigenvalue weighted by Crippen LogP contribution is 2.43. The van der Waals surface area contributed by atoms with Crippen LogP contribution >= 0.6 is 0 Å². The summed E-state index contributed by atoms with van der Waals surface area (Å²) in [5.41, 5.74) is 0.959. The van der Waals surface area contributed by atoms with Crippen molar-refractivity contribution in [3.63, 3.8) is 0 Å². The first-order chi connectivity index (χ1) is 13.5. The number of carbonyl (C=O) groups is 1. The van der Waals surface area contributed by atoms with Gasteiger partial charge in [-0.3, -0.25) is 0 Å². The van der Waals surface area contributed by atoms with Gasteiger partial charge in [0.05, 0.1) is 16.8 Å². The minimum atomic E-state index is -1.14. The molecule has 4 rings (SSSR count). The predicted octanol–water partition coefficient (Wildman–Crippen LogP) is 4.61. The lowest BCUT2D eigenvalue weighted by atomic mass is 9.72. The average Bonchev–Trinajstić information content (AvgIpc) is 2.66. The molecular formula is C21H17F2N3O2. The molecule has 1 aliphatic rings. The van der Waals surface area contributed by atoms with Crippen LogP contribution in [0, 0.1) is 11.6 Å². The molecule has 2 N–H and O–H groups in total. The molecule has 0 radical (unpaired) electrons. The van der Waals surface area contributed by atoms with Crippen molar-refractivity contribution in [3.05, 3.63) is 77.4 Å². The molecule has 0 saturated heterocycles. The van der Waals surface area contributed by atoms with Gasteiger partial charge in [0.25, 0.3) is 0 Å². The summed E-state index contributed by atoms with van der Waals surface area (Å²) in [5, 5.41) is 20.6. The summed E-state index contributed by atoms with van der Waals surface area (Å²) >= 11 is 0. The Bertz CT molecular complexity index is 1020. The van der Waals surface area contributed by atoms with Gasteiger partial charge in [-0.1, -0.05) is 12.1 Å². The summed E-state index contributed by atoms with van der Waals surface area (Å²) in [7, 11) is 0. The van der Waals surface area contributed by atoms with Gasteiger partial charge < -0.3 is 10.4 Å². The number of nitrogens with zero attached hydrogens (tertiary/aromatic N) is 2. The van der Waals surface area contributed by atoms with Crippen molar-refractivity contribution in [2.75, 3.05) is 5.32 Å². The molecule has 28 heavy (non-hydrogen) atoms. The molecular weight excluding hydrogens is 364 g/mol. The van der Waals surface area contributed by atoms with Gasteiger partial charge >= 0.3 is 5.97 Å². The maximum atomic E-state index is 14.1. The van der Waals surface area contributed by atoms with Gasteiger partial charge in [0.1, 0.15) is 17.5 Å². The largest absolute Gasteiger partial charge is 0.478 e. The Hall–Kier alpha value is -3.35. The van der Waals surface area contributed by atoms with Crippen LogP contribution in [0.1, 0.15) is 35.2 Å². The Morgan fingerprint density at radius 1 is 1.00 bits per heavy atom. The third-order valence-electron chi connectivity index (χ3n) is 5.13. The van der Waals surface area contributed by atoms with Crippen LogP contribution < -0.4 is 5.32 Å². The number of rotatable bonds is 5. The van der Waals surface area contributed by atoms with Gasteiger partial charge in [0, 0.05) is 5.56 Å². The number of anilines is 1. The summed E-state index contributed by atoms with van der Waals surface area (Å²) in [4.78, 5) is 11.1. The van der Waals surface area contributed by atoms with E-state index < -0.39 is 11.8 Å². The van der Waals surface area contributed by atoms with E-state index in [1.54, 1.807) is 24.3 Å². The molecule has 2 aromatic carbocycles. The number of benzene rings is 2. The number of aromatic carboxylic acids is 1. The summed E-state index contributed by atoms with van der Waals surface area (Å²) < 4.78 is 27.3. The van der Waals surface area contributed by atoms with E-state index in [1.807, 2.05) is 0 Å². The second-order valence-electron chi connectivity index (χ2n) is 6.87. The highest BCUT2D eigenvalue weighted by Gasteiger charge is 2.39. The van der Waals surface area contributed by atoms with E-state index in [1.165, 1.54) is 24.3 Å². The van der Waals surface area contributed by atoms with E-state index in [2.05, 4.69) is 15.5 Å². The van der Waals surface area contributed by atoms with Crippen molar-refractivity contribution in [2.45, 2.75) is 24.8 Å². The molecule has 0 aliphatic heterocycles. The SMILES string of the molecule is O=C(O)c1ccc(F)c(-c2ccc(NC3(c4ccc(F)cc4)CCC3)nn2)c1. The van der Waals surface area contributed by atoms with Crippen molar-refractivity contribution in [1.82, 2.24) is 10.2 Å². The monoisotopic (exact) mass is 381 g/mol. The molecule has 0 spiro atoms. The quantitative estimate of drug-likeness (QED) is 0.675. The number of carboxylic acids is 1. The number of hydrogen-bond donors (Lipinski definition) is 2. The summed E-state index contributed by atoms with van der Waals surface area (Å²) in [6.07, 6.45) is 2.82. The third-order valence-corrected chi connectivity index (χ3v) is 5.13. The van der Waals surface area contributed by atoms with Gasteiger partial charge in [0.15, 0.2) is 0 Å². The van der Waals surface area contributed by atoms with Crippen molar-refractivity contribution >= 4 is 11.8 Å². The molecule has 1 aromatic heterocycles. The fraction of sp³-hybridized carbons (Fsp3) is 0.190. The fourth-order valence-corrected chi connectivity index (χ4v) is 3.43. The first-order valence-corrected chi connectivity index (χ1v) is 8.88. The molecule has 0 atom stereocenters. The maximum absolute atomic E-state index is 14.1. The van der Waals surface area contributed by atoms with Crippen molar-refractivity contribution < 1.29 is 18.7 Å². The van der Waals surface area contributed by atoms with Crippen molar-refractivity contribution in [3.8, 4) is 11.3 Å². The Morgan fingerprint density at radius 3 is 2.32 bits per heavy atom. The lowest BCUT2D eigenvalue weighted by Crippen LogP contribution is -2.42. The van der Waals surface area contributed by atoms with Gasteiger partial charge in [-0.15, -0.1) is 10.2 Å². The standard InChI is InChI=1S/C21H17F2N3O2/c22-15-5-3-14(4-6-15)21(10-1-11-21)24-19-9-8-18(25-26-19)16-12-13(20(27)28)2-7-17(16)23/h2-9,12H,1,10-11H2,(H,24,26)(H,27,28).